The highest BCUT2D eigenvalue weighted by molar-refractivity contribution is 7.90. The lowest BCUT2D eigenvalue weighted by Crippen LogP contribution is -2.33. The van der Waals surface area contributed by atoms with E-state index in [9.17, 15) is 13.2 Å². The van der Waals surface area contributed by atoms with Gasteiger partial charge in [0.15, 0.2) is 0 Å². The lowest BCUT2D eigenvalue weighted by molar-refractivity contribution is -0.120. The Morgan fingerprint density at radius 3 is 2.40 bits per heavy atom. The first-order valence-corrected chi connectivity index (χ1v) is 3.75. The summed E-state index contributed by atoms with van der Waals surface area (Å²) in [6.45, 7) is 0. The van der Waals surface area contributed by atoms with Gasteiger partial charge in [0.1, 0.15) is 0 Å². The molecule has 2 N–H and O–H groups in total. The number of primary sulfonamides is 1. The zero-order chi connectivity index (χ0) is 7.78. The first-order valence-electron chi connectivity index (χ1n) is 2.14. The summed E-state index contributed by atoms with van der Waals surface area (Å²) in [7, 11) is -4.01. The first-order chi connectivity index (χ1) is 4.52. The van der Waals surface area contributed by atoms with E-state index in [0.29, 0.717) is 0 Å². The van der Waals surface area contributed by atoms with Gasteiger partial charge in [-0.1, -0.05) is 5.11 Å². The largest absolute Gasteiger partial charge is 0.347 e. The molecule has 1 atom stereocenters. The molecule has 0 saturated heterocycles. The van der Waals surface area contributed by atoms with Gasteiger partial charge in [-0.2, -0.15) is 0 Å². The molecule has 7 nitrogen and oxygen atoms in total. The molecule has 0 aromatic rings. The SMILES string of the molecule is NS(=O)(=O)C1ON=NC1=O. The second kappa shape index (κ2) is 1.99. The zero-order valence-corrected chi connectivity index (χ0v) is 5.41. The Hall–Kier alpha value is -1.02. The van der Waals surface area contributed by atoms with Crippen LogP contribution in [0.3, 0.4) is 0 Å². The van der Waals surface area contributed by atoms with E-state index in [-0.39, 0.29) is 0 Å². The fraction of sp³-hybridized carbons (Fsp3) is 0.500. The van der Waals surface area contributed by atoms with Crippen LogP contribution in [0.15, 0.2) is 10.4 Å². The molecule has 1 rings (SSSR count). The molecule has 1 aliphatic rings. The summed E-state index contributed by atoms with van der Waals surface area (Å²) < 4.78 is 20.7. The van der Waals surface area contributed by atoms with Crippen LogP contribution in [0.1, 0.15) is 0 Å². The van der Waals surface area contributed by atoms with E-state index in [0.717, 1.165) is 0 Å². The maximum atomic E-state index is 10.4. The van der Waals surface area contributed by atoms with Crippen molar-refractivity contribution in [2.45, 2.75) is 5.44 Å². The van der Waals surface area contributed by atoms with Crippen molar-refractivity contribution < 1.29 is 18.0 Å². The highest BCUT2D eigenvalue weighted by Gasteiger charge is 2.36. The van der Waals surface area contributed by atoms with Crippen LogP contribution in [0, 0.1) is 0 Å². The van der Waals surface area contributed by atoms with Gasteiger partial charge in [-0.3, -0.25) is 4.79 Å². The Bertz CT molecular complexity index is 279. The van der Waals surface area contributed by atoms with Crippen LogP contribution in [0.25, 0.3) is 0 Å². The van der Waals surface area contributed by atoms with Gasteiger partial charge >= 0.3 is 11.3 Å². The summed E-state index contributed by atoms with van der Waals surface area (Å²) in [5.74, 6) is -0.998. The predicted octanol–water partition coefficient (Wildman–Crippen LogP) is -1.47. The minimum atomic E-state index is -4.01. The van der Waals surface area contributed by atoms with Gasteiger partial charge in [0, 0.05) is 5.28 Å². The number of carbonyl (C=O) groups is 1. The smallest absolute Gasteiger partial charge is 0.328 e. The molecular formula is C2H3N3O4S. The van der Waals surface area contributed by atoms with Crippen molar-refractivity contribution in [1.29, 1.82) is 0 Å². The minimum Gasteiger partial charge on any atom is -0.347 e. The highest BCUT2D eigenvalue weighted by Crippen LogP contribution is 2.08. The molecule has 56 valence electrons. The van der Waals surface area contributed by atoms with E-state index in [1.165, 1.54) is 0 Å². The molecule has 0 saturated carbocycles. The van der Waals surface area contributed by atoms with E-state index in [1.807, 2.05) is 0 Å². The van der Waals surface area contributed by atoms with Crippen molar-refractivity contribution in [3.05, 3.63) is 0 Å². The maximum absolute atomic E-state index is 10.4. The van der Waals surface area contributed by atoms with E-state index in [2.05, 4.69) is 20.4 Å². The Labute approximate surface area is 55.9 Å². The van der Waals surface area contributed by atoms with Crippen molar-refractivity contribution in [2.75, 3.05) is 0 Å². The number of rotatable bonds is 1. The fourth-order valence-corrected chi connectivity index (χ4v) is 0.886. The molecule has 0 spiro atoms. The molecule has 0 aromatic carbocycles. The molecule has 8 heteroatoms. The summed E-state index contributed by atoms with van der Waals surface area (Å²) in [5, 5.41) is 10.1. The third-order valence-electron chi connectivity index (χ3n) is 0.782. The monoisotopic (exact) mass is 165 g/mol. The average molecular weight is 165 g/mol. The average Bonchev–Trinajstić information content (AvgIpc) is 2.11. The second-order valence-corrected chi connectivity index (χ2v) is 3.15. The van der Waals surface area contributed by atoms with Crippen molar-refractivity contribution in [3.63, 3.8) is 0 Å². The van der Waals surface area contributed by atoms with Gasteiger partial charge in [-0.25, -0.2) is 13.6 Å². The first kappa shape index (κ1) is 7.09. The Kier molecular flexibility index (Phi) is 1.41. The van der Waals surface area contributed by atoms with Gasteiger partial charge < -0.3 is 4.84 Å². The molecule has 10 heavy (non-hydrogen) atoms. The van der Waals surface area contributed by atoms with E-state index >= 15 is 0 Å². The Balaban J connectivity index is 2.90. The quantitative estimate of drug-likeness (QED) is 0.510. The summed E-state index contributed by atoms with van der Waals surface area (Å²) in [4.78, 5) is 14.4. The molecule has 0 fully saturated rings. The molecule has 1 heterocycles. The summed E-state index contributed by atoms with van der Waals surface area (Å²) in [6.07, 6.45) is 0. The molecule has 1 amide bonds. The second-order valence-electron chi connectivity index (χ2n) is 1.55. The number of sulfonamides is 1. The molecule has 0 bridgehead atoms. The van der Waals surface area contributed by atoms with Crippen LogP contribution >= 0.6 is 0 Å². The van der Waals surface area contributed by atoms with E-state index in [4.69, 9.17) is 0 Å². The van der Waals surface area contributed by atoms with Crippen molar-refractivity contribution in [2.24, 2.45) is 15.5 Å². The number of hydrogen-bond donors (Lipinski definition) is 1. The Morgan fingerprint density at radius 1 is 1.60 bits per heavy atom. The van der Waals surface area contributed by atoms with Gasteiger partial charge in [-0.15, -0.1) is 0 Å². The molecule has 0 aromatic heterocycles. The topological polar surface area (TPSA) is 111 Å². The van der Waals surface area contributed by atoms with Crippen molar-refractivity contribution in [3.8, 4) is 0 Å². The zero-order valence-electron chi connectivity index (χ0n) is 4.59. The number of amides is 1. The van der Waals surface area contributed by atoms with Crippen LogP contribution in [0.4, 0.5) is 0 Å². The van der Waals surface area contributed by atoms with Gasteiger partial charge in [0.2, 0.25) is 0 Å². The number of hydrogen-bond acceptors (Lipinski definition) is 5. The van der Waals surface area contributed by atoms with Crippen LogP contribution in [0.2, 0.25) is 0 Å². The third kappa shape index (κ3) is 1.11. The molecule has 0 radical (unpaired) electrons. The standard InChI is InChI=1S/C2H3N3O4S/c3-10(7,8)2-1(6)4-5-9-2/h2H,(H2,3,7,8). The lowest BCUT2D eigenvalue weighted by atomic mass is 10.7. The summed E-state index contributed by atoms with van der Waals surface area (Å²) in [5.41, 5.74) is -1.74. The van der Waals surface area contributed by atoms with Gasteiger partial charge in [0.25, 0.3) is 10.0 Å². The van der Waals surface area contributed by atoms with Crippen molar-refractivity contribution in [1.82, 2.24) is 0 Å². The number of nitrogens with zero attached hydrogens (tertiary/aromatic N) is 2. The molecule has 0 aliphatic carbocycles. The maximum Gasteiger partial charge on any atom is 0.328 e. The number of nitrogens with two attached hydrogens (primary N) is 1. The van der Waals surface area contributed by atoms with Crippen LogP contribution in [0.5, 0.6) is 0 Å². The summed E-state index contributed by atoms with van der Waals surface area (Å²) >= 11 is 0. The minimum absolute atomic E-state index is 0.998. The summed E-state index contributed by atoms with van der Waals surface area (Å²) in [6, 6.07) is 0. The highest BCUT2D eigenvalue weighted by atomic mass is 32.2. The van der Waals surface area contributed by atoms with Crippen LogP contribution in [-0.2, 0) is 19.7 Å². The normalized spacial score (nSPS) is 24.9. The van der Waals surface area contributed by atoms with Crippen LogP contribution < -0.4 is 5.14 Å². The lowest BCUT2D eigenvalue weighted by Gasteiger charge is -1.98. The molecule has 1 aliphatic heterocycles. The van der Waals surface area contributed by atoms with E-state index < -0.39 is 21.4 Å². The van der Waals surface area contributed by atoms with Crippen molar-refractivity contribution >= 4 is 15.9 Å². The van der Waals surface area contributed by atoms with E-state index in [1.54, 1.807) is 0 Å². The third-order valence-corrected chi connectivity index (χ3v) is 1.67. The molecule has 1 unspecified atom stereocenters. The Morgan fingerprint density at radius 2 is 2.20 bits per heavy atom. The van der Waals surface area contributed by atoms with Gasteiger partial charge in [-0.05, 0) is 0 Å². The molecular weight excluding hydrogens is 162 g/mol. The van der Waals surface area contributed by atoms with Crippen LogP contribution in [-0.4, -0.2) is 19.8 Å². The predicted molar refractivity (Wildman–Crippen MR) is 27.8 cm³/mol. The van der Waals surface area contributed by atoms with Gasteiger partial charge in [0.05, 0.1) is 0 Å². The fourth-order valence-electron chi connectivity index (χ4n) is 0.399. The number of carbonyl (C=O) groups excluding carboxylic acids is 1.